The number of nitrogens with zero attached hydrogens (tertiary/aromatic N) is 4. The molecule has 9 nitrogen and oxygen atoms in total. The van der Waals surface area contributed by atoms with Gasteiger partial charge in [0.25, 0.3) is 5.91 Å². The molecule has 5 rings (SSSR count). The standard InChI is InChI=1S/C29H26F3N5O4/c30-29(31,32)26-24(17-37(36-26)22-4-2-1-3-5-22)27(40)35-21-10-8-19(9-11-21)20-15-33-28(34-16-20)41-23-12-6-18(7-13-23)14-25(38)39/h1-5,8-11,15-18,23H,6-7,12-14H2,(H,35,40)(H,38,39). The number of benzene rings is 2. The maximum Gasteiger partial charge on any atom is 0.435 e. The van der Waals surface area contributed by atoms with Crippen LogP contribution in [0.1, 0.15) is 48.2 Å². The van der Waals surface area contributed by atoms with E-state index in [1.54, 1.807) is 67.0 Å². The lowest BCUT2D eigenvalue weighted by Crippen LogP contribution is -2.25. The quantitative estimate of drug-likeness (QED) is 0.268. The smallest absolute Gasteiger partial charge is 0.435 e. The molecule has 212 valence electrons. The van der Waals surface area contributed by atoms with Gasteiger partial charge in [-0.3, -0.25) is 9.59 Å². The van der Waals surface area contributed by atoms with E-state index in [4.69, 9.17) is 9.84 Å². The second-order valence-electron chi connectivity index (χ2n) is 9.81. The fourth-order valence-electron chi connectivity index (χ4n) is 4.78. The number of aliphatic carboxylic acids is 1. The lowest BCUT2D eigenvalue weighted by Gasteiger charge is -2.27. The summed E-state index contributed by atoms with van der Waals surface area (Å²) in [4.78, 5) is 32.3. The van der Waals surface area contributed by atoms with Gasteiger partial charge < -0.3 is 15.2 Å². The lowest BCUT2D eigenvalue weighted by atomic mass is 9.85. The normalized spacial score (nSPS) is 17.1. The molecule has 0 bridgehead atoms. The van der Waals surface area contributed by atoms with Crippen LogP contribution >= 0.6 is 0 Å². The van der Waals surface area contributed by atoms with Crippen molar-refractivity contribution < 1.29 is 32.6 Å². The van der Waals surface area contributed by atoms with Gasteiger partial charge in [0.2, 0.25) is 0 Å². The maximum atomic E-state index is 13.6. The number of hydrogen-bond donors (Lipinski definition) is 2. The van der Waals surface area contributed by atoms with Crippen molar-refractivity contribution in [2.45, 2.75) is 44.4 Å². The number of ether oxygens (including phenoxy) is 1. The molecular weight excluding hydrogens is 539 g/mol. The van der Waals surface area contributed by atoms with Gasteiger partial charge in [0.15, 0.2) is 5.69 Å². The summed E-state index contributed by atoms with van der Waals surface area (Å²) in [5.74, 6) is -1.55. The molecule has 1 aliphatic rings. The van der Waals surface area contributed by atoms with Crippen molar-refractivity contribution in [3.05, 3.63) is 84.4 Å². The van der Waals surface area contributed by atoms with E-state index in [2.05, 4.69) is 20.4 Å². The topological polar surface area (TPSA) is 119 Å². The summed E-state index contributed by atoms with van der Waals surface area (Å²) in [6, 6.07) is 15.0. The Morgan fingerprint density at radius 1 is 0.951 bits per heavy atom. The number of carbonyl (C=O) groups excluding carboxylic acids is 1. The van der Waals surface area contributed by atoms with Gasteiger partial charge >= 0.3 is 18.2 Å². The van der Waals surface area contributed by atoms with Crippen molar-refractivity contribution in [2.24, 2.45) is 5.92 Å². The number of carboxylic acids is 1. The van der Waals surface area contributed by atoms with Crippen LogP contribution in [0.25, 0.3) is 16.8 Å². The molecule has 2 N–H and O–H groups in total. The Morgan fingerprint density at radius 3 is 2.22 bits per heavy atom. The highest BCUT2D eigenvalue weighted by atomic mass is 19.4. The van der Waals surface area contributed by atoms with Crippen LogP contribution in [0.15, 0.2) is 73.2 Å². The minimum Gasteiger partial charge on any atom is -0.481 e. The Kier molecular flexibility index (Phi) is 7.99. The predicted molar refractivity (Wildman–Crippen MR) is 143 cm³/mol. The number of anilines is 1. The Hall–Kier alpha value is -4.74. The van der Waals surface area contributed by atoms with Crippen molar-refractivity contribution in [3.63, 3.8) is 0 Å². The molecule has 1 amide bonds. The van der Waals surface area contributed by atoms with Crippen LogP contribution in [0.5, 0.6) is 6.01 Å². The van der Waals surface area contributed by atoms with Crippen molar-refractivity contribution >= 4 is 17.6 Å². The average Bonchev–Trinajstić information content (AvgIpc) is 3.42. The summed E-state index contributed by atoms with van der Waals surface area (Å²) >= 11 is 0. The van der Waals surface area contributed by atoms with E-state index in [0.29, 0.717) is 16.9 Å². The zero-order valence-electron chi connectivity index (χ0n) is 21.7. The lowest BCUT2D eigenvalue weighted by molar-refractivity contribution is -0.141. The van der Waals surface area contributed by atoms with E-state index in [0.717, 1.165) is 42.1 Å². The highest BCUT2D eigenvalue weighted by Crippen LogP contribution is 2.32. The summed E-state index contributed by atoms with van der Waals surface area (Å²) in [7, 11) is 0. The van der Waals surface area contributed by atoms with Gasteiger partial charge in [0, 0.05) is 36.3 Å². The van der Waals surface area contributed by atoms with E-state index in [1.807, 2.05) is 0 Å². The highest BCUT2D eigenvalue weighted by molar-refractivity contribution is 6.05. The van der Waals surface area contributed by atoms with E-state index < -0.39 is 29.3 Å². The summed E-state index contributed by atoms with van der Waals surface area (Å²) in [6.07, 6.45) is 2.60. The Morgan fingerprint density at radius 2 is 1.61 bits per heavy atom. The second-order valence-corrected chi connectivity index (χ2v) is 9.81. The molecule has 41 heavy (non-hydrogen) atoms. The first kappa shape index (κ1) is 27.8. The summed E-state index contributed by atoms with van der Waals surface area (Å²) in [6.45, 7) is 0. The SMILES string of the molecule is O=C(O)CC1CCC(Oc2ncc(-c3ccc(NC(=O)c4cn(-c5ccccc5)nc4C(F)(F)F)cc3)cn2)CC1. The van der Waals surface area contributed by atoms with Gasteiger partial charge in [-0.25, -0.2) is 14.6 Å². The van der Waals surface area contributed by atoms with Gasteiger partial charge in [-0.1, -0.05) is 30.3 Å². The van der Waals surface area contributed by atoms with Crippen LogP contribution in [-0.4, -0.2) is 42.8 Å². The largest absolute Gasteiger partial charge is 0.481 e. The number of alkyl halides is 3. The Balaban J connectivity index is 1.22. The molecule has 0 aliphatic heterocycles. The van der Waals surface area contributed by atoms with Crippen molar-refractivity contribution in [1.82, 2.24) is 19.7 Å². The van der Waals surface area contributed by atoms with Crippen molar-refractivity contribution in [1.29, 1.82) is 0 Å². The van der Waals surface area contributed by atoms with E-state index in [9.17, 15) is 22.8 Å². The number of halogens is 3. The third kappa shape index (κ3) is 6.89. The molecule has 2 heterocycles. The van der Waals surface area contributed by atoms with E-state index in [-0.39, 0.29) is 24.5 Å². The monoisotopic (exact) mass is 565 g/mol. The first-order chi connectivity index (χ1) is 19.7. The molecule has 2 aromatic carbocycles. The molecule has 2 aromatic heterocycles. The van der Waals surface area contributed by atoms with Crippen LogP contribution in [0, 0.1) is 5.92 Å². The van der Waals surface area contributed by atoms with Crippen molar-refractivity contribution in [2.75, 3.05) is 5.32 Å². The van der Waals surface area contributed by atoms with Crippen LogP contribution in [0.4, 0.5) is 18.9 Å². The minimum absolute atomic E-state index is 0.0635. The number of aromatic nitrogens is 4. The fourth-order valence-corrected chi connectivity index (χ4v) is 4.78. The fraction of sp³-hybridized carbons (Fsp3) is 0.276. The zero-order valence-corrected chi connectivity index (χ0v) is 21.7. The molecule has 0 saturated heterocycles. The molecule has 12 heteroatoms. The summed E-state index contributed by atoms with van der Waals surface area (Å²) < 4.78 is 47.8. The average molecular weight is 566 g/mol. The number of rotatable bonds is 8. The maximum absolute atomic E-state index is 13.6. The van der Waals surface area contributed by atoms with Gasteiger partial charge in [0.05, 0.1) is 11.3 Å². The number of para-hydroxylation sites is 1. The van der Waals surface area contributed by atoms with Gasteiger partial charge in [0.1, 0.15) is 6.10 Å². The van der Waals surface area contributed by atoms with E-state index in [1.165, 1.54) is 0 Å². The molecule has 1 fully saturated rings. The molecule has 1 saturated carbocycles. The molecular formula is C29H26F3N5O4. The molecule has 0 radical (unpaired) electrons. The predicted octanol–water partition coefficient (Wildman–Crippen LogP) is 6.01. The molecule has 0 unspecified atom stereocenters. The zero-order chi connectivity index (χ0) is 29.0. The van der Waals surface area contributed by atoms with Gasteiger partial charge in [-0.05, 0) is 61.4 Å². The minimum atomic E-state index is -4.81. The Labute approximate surface area is 233 Å². The number of carboxylic acid groups (broad SMARTS) is 1. The summed E-state index contributed by atoms with van der Waals surface area (Å²) in [5, 5.41) is 15.1. The number of amides is 1. The van der Waals surface area contributed by atoms with E-state index >= 15 is 0 Å². The summed E-state index contributed by atoms with van der Waals surface area (Å²) in [5.41, 5.74) is 0.246. The molecule has 4 aromatic rings. The van der Waals surface area contributed by atoms with Crippen LogP contribution < -0.4 is 10.1 Å². The molecule has 1 aliphatic carbocycles. The number of carbonyl (C=O) groups is 2. The number of nitrogens with one attached hydrogen (secondary N) is 1. The molecule has 0 atom stereocenters. The highest BCUT2D eigenvalue weighted by Gasteiger charge is 2.39. The third-order valence-corrected chi connectivity index (χ3v) is 6.88. The first-order valence-electron chi connectivity index (χ1n) is 13.0. The first-order valence-corrected chi connectivity index (χ1v) is 13.0. The van der Waals surface area contributed by atoms with Gasteiger partial charge in [-0.2, -0.15) is 18.3 Å². The van der Waals surface area contributed by atoms with Crippen molar-refractivity contribution in [3.8, 4) is 22.8 Å². The van der Waals surface area contributed by atoms with Crippen LogP contribution in [0.3, 0.4) is 0 Å². The third-order valence-electron chi connectivity index (χ3n) is 6.88. The van der Waals surface area contributed by atoms with Gasteiger partial charge in [-0.15, -0.1) is 0 Å². The van der Waals surface area contributed by atoms with Crippen LogP contribution in [-0.2, 0) is 11.0 Å². The second kappa shape index (κ2) is 11.8. The van der Waals surface area contributed by atoms with Crippen LogP contribution in [0.2, 0.25) is 0 Å². The molecule has 0 spiro atoms. The number of hydrogen-bond acceptors (Lipinski definition) is 6. The Bertz CT molecular complexity index is 1500.